The van der Waals surface area contributed by atoms with Gasteiger partial charge in [-0.2, -0.15) is 0 Å². The fourth-order valence-corrected chi connectivity index (χ4v) is 16.2. The van der Waals surface area contributed by atoms with Crippen molar-refractivity contribution in [2.24, 2.45) is 0 Å². The van der Waals surface area contributed by atoms with Gasteiger partial charge < -0.3 is 18.6 Å². The lowest BCUT2D eigenvalue weighted by atomic mass is 9.87. The Hall–Kier alpha value is -9.94. The molecule has 0 saturated carbocycles. The summed E-state index contributed by atoms with van der Waals surface area (Å²) in [5.74, 6) is 0. The van der Waals surface area contributed by atoms with Crippen molar-refractivity contribution >= 4 is 129 Å². The van der Waals surface area contributed by atoms with E-state index < -0.39 is 8.07 Å². The zero-order valence-electron chi connectivity index (χ0n) is 43.6. The second kappa shape index (κ2) is 17.5. The van der Waals surface area contributed by atoms with E-state index in [1.165, 1.54) is 59.4 Å². The lowest BCUT2D eigenvalue weighted by molar-refractivity contribution is 0.668. The lowest BCUT2D eigenvalue weighted by Gasteiger charge is -2.35. The predicted octanol–water partition coefficient (Wildman–Crippen LogP) is 20.0. The van der Waals surface area contributed by atoms with Gasteiger partial charge in [-0.3, -0.25) is 0 Å². The molecule has 0 unspecified atom stereocenters. The van der Waals surface area contributed by atoms with Crippen LogP contribution in [0.2, 0.25) is 13.1 Å². The van der Waals surface area contributed by atoms with Crippen LogP contribution in [0.5, 0.6) is 0 Å². The minimum Gasteiger partial charge on any atom is -0.454 e. The fraction of sp³-hybridized carbons (Fsp3) is 0.0270. The van der Waals surface area contributed by atoms with Crippen LogP contribution in [-0.2, 0) is 0 Å². The highest BCUT2D eigenvalue weighted by Crippen LogP contribution is 2.49. The van der Waals surface area contributed by atoms with Crippen molar-refractivity contribution in [2.75, 3.05) is 9.80 Å². The standard InChI is InChI=1S/C74H50N2O2Si/c1-79(2)70-37-19-29-58-63-45-61(48-38-40-50(41-39-48)76(65-32-14-11-24-52(65)47-20-5-3-6-21-47)67-34-18-31-60-56-28-13-16-36-69(56)78-74(60)67)53-25-9-10-26-54(53)62(63)46-64(72(58)70)57-43-42-51(44-71(57)79)75(49-22-7-4-8-23-49)66-33-17-30-59-55-27-12-15-35-68(55)77-73(59)66/h3-46H,1-2H3. The van der Waals surface area contributed by atoms with Crippen LogP contribution in [0.15, 0.2) is 276 Å². The molecule has 0 spiro atoms. The minimum absolute atomic E-state index is 0.857. The topological polar surface area (TPSA) is 32.8 Å². The Kier molecular flexibility index (Phi) is 10.1. The van der Waals surface area contributed by atoms with Gasteiger partial charge in [0, 0.05) is 44.2 Å². The summed E-state index contributed by atoms with van der Waals surface area (Å²) in [6, 6.07) is 97.3. The summed E-state index contributed by atoms with van der Waals surface area (Å²) in [5, 5.41) is 15.0. The first-order valence-corrected chi connectivity index (χ1v) is 30.2. The van der Waals surface area contributed by atoms with E-state index in [-0.39, 0.29) is 0 Å². The molecule has 0 saturated heterocycles. The van der Waals surface area contributed by atoms with Crippen molar-refractivity contribution in [3.8, 4) is 33.4 Å². The Labute approximate surface area is 458 Å². The van der Waals surface area contributed by atoms with Gasteiger partial charge in [-0.05, 0) is 149 Å². The summed E-state index contributed by atoms with van der Waals surface area (Å²) in [4.78, 5) is 4.76. The maximum absolute atomic E-state index is 6.76. The van der Waals surface area contributed by atoms with Crippen LogP contribution in [0.1, 0.15) is 0 Å². The molecular formula is C74H50N2O2Si. The first-order chi connectivity index (χ1) is 39.0. The van der Waals surface area contributed by atoms with Gasteiger partial charge in [-0.25, -0.2) is 0 Å². The number of hydrogen-bond donors (Lipinski definition) is 0. The fourth-order valence-electron chi connectivity index (χ4n) is 13.1. The molecule has 15 aromatic rings. The average Bonchev–Trinajstić information content (AvgIpc) is 4.02. The number of fused-ring (bicyclic) bond motifs is 12. The van der Waals surface area contributed by atoms with Crippen molar-refractivity contribution in [1.29, 1.82) is 0 Å². The highest BCUT2D eigenvalue weighted by Gasteiger charge is 2.37. The first-order valence-electron chi connectivity index (χ1n) is 27.2. The van der Waals surface area contributed by atoms with E-state index >= 15 is 0 Å². The van der Waals surface area contributed by atoms with Crippen molar-refractivity contribution in [1.82, 2.24) is 0 Å². The second-order valence-corrected chi connectivity index (χ2v) is 25.8. The van der Waals surface area contributed by atoms with Crippen LogP contribution < -0.4 is 20.2 Å². The zero-order valence-corrected chi connectivity index (χ0v) is 44.6. The van der Waals surface area contributed by atoms with E-state index in [0.29, 0.717) is 0 Å². The summed E-state index contributed by atoms with van der Waals surface area (Å²) in [6.07, 6.45) is 0. The van der Waals surface area contributed by atoms with E-state index in [1.54, 1.807) is 0 Å². The number of hydrogen-bond acceptors (Lipinski definition) is 4. The molecule has 5 heteroatoms. The molecular weight excluding hydrogens is 977 g/mol. The van der Waals surface area contributed by atoms with E-state index in [4.69, 9.17) is 8.83 Å². The number of benzene rings is 13. The molecule has 16 rings (SSSR count). The van der Waals surface area contributed by atoms with Gasteiger partial charge in [0.1, 0.15) is 19.2 Å². The minimum atomic E-state index is -2.33. The summed E-state index contributed by atoms with van der Waals surface area (Å²) >= 11 is 0. The Morgan fingerprint density at radius 1 is 0.278 bits per heavy atom. The van der Waals surface area contributed by atoms with Crippen LogP contribution in [0.4, 0.5) is 34.1 Å². The zero-order chi connectivity index (χ0) is 52.3. The molecule has 0 atom stereocenters. The molecule has 372 valence electrons. The Morgan fingerprint density at radius 2 is 0.772 bits per heavy atom. The van der Waals surface area contributed by atoms with E-state index in [9.17, 15) is 0 Å². The molecule has 1 aliphatic heterocycles. The largest absolute Gasteiger partial charge is 0.454 e. The van der Waals surface area contributed by atoms with E-state index in [2.05, 4.69) is 278 Å². The predicted molar refractivity (Wildman–Crippen MR) is 336 cm³/mol. The van der Waals surface area contributed by atoms with Crippen LogP contribution in [0, 0.1) is 0 Å². The highest BCUT2D eigenvalue weighted by molar-refractivity contribution is 7.03. The van der Waals surface area contributed by atoms with Gasteiger partial charge in [0.25, 0.3) is 0 Å². The Bertz CT molecular complexity index is 4940. The van der Waals surface area contributed by atoms with Gasteiger partial charge in [-0.15, -0.1) is 0 Å². The third-order valence-electron chi connectivity index (χ3n) is 16.8. The lowest BCUT2D eigenvalue weighted by Crippen LogP contribution is -2.56. The number of furan rings is 2. The summed E-state index contributed by atoms with van der Waals surface area (Å²) in [7, 11) is -2.33. The van der Waals surface area contributed by atoms with Crippen LogP contribution >= 0.6 is 0 Å². The molecule has 13 aromatic carbocycles. The Balaban J connectivity index is 0.856. The quantitative estimate of drug-likeness (QED) is 0.112. The van der Waals surface area contributed by atoms with E-state index in [0.717, 1.165) is 94.7 Å². The second-order valence-electron chi connectivity index (χ2n) is 21.5. The van der Waals surface area contributed by atoms with Gasteiger partial charge in [-0.1, -0.05) is 201 Å². The highest BCUT2D eigenvalue weighted by atomic mass is 28.3. The molecule has 1 aliphatic rings. The monoisotopic (exact) mass is 1030 g/mol. The van der Waals surface area contributed by atoms with Crippen LogP contribution in [0.25, 0.3) is 110 Å². The first kappa shape index (κ1) is 45.3. The SMILES string of the molecule is C[Si]1(C)c2cc(N(c3ccccc3)c3cccc4c3oc3ccccc34)ccc2-c2cc3c4ccccc4c(-c4ccc(N(c5ccccc5-c5ccccc5)c5cccc6c5oc5ccccc56)cc4)cc3c3cccc1c23. The molecule has 2 aromatic heterocycles. The average molecular weight is 1030 g/mol. The van der Waals surface area contributed by atoms with Crippen molar-refractivity contribution in [3.63, 3.8) is 0 Å². The van der Waals surface area contributed by atoms with E-state index in [1.807, 2.05) is 12.1 Å². The smallest absolute Gasteiger partial charge is 0.159 e. The molecule has 79 heavy (non-hydrogen) atoms. The molecule has 0 N–H and O–H groups in total. The van der Waals surface area contributed by atoms with Crippen LogP contribution in [-0.4, -0.2) is 8.07 Å². The molecule has 0 bridgehead atoms. The summed E-state index contributed by atoms with van der Waals surface area (Å²) in [5.41, 5.74) is 17.1. The van der Waals surface area contributed by atoms with Crippen molar-refractivity contribution in [3.05, 3.63) is 267 Å². The number of anilines is 6. The molecule has 0 fully saturated rings. The molecule has 0 amide bonds. The van der Waals surface area contributed by atoms with Gasteiger partial charge in [0.2, 0.25) is 0 Å². The third kappa shape index (κ3) is 6.93. The third-order valence-corrected chi connectivity index (χ3v) is 20.4. The van der Waals surface area contributed by atoms with Crippen molar-refractivity contribution < 1.29 is 8.83 Å². The van der Waals surface area contributed by atoms with Crippen LogP contribution in [0.3, 0.4) is 0 Å². The normalized spacial score (nSPS) is 12.8. The van der Waals surface area contributed by atoms with Gasteiger partial charge >= 0.3 is 0 Å². The number of nitrogens with zero attached hydrogens (tertiary/aromatic N) is 2. The Morgan fingerprint density at radius 3 is 1.48 bits per heavy atom. The molecule has 4 nitrogen and oxygen atoms in total. The van der Waals surface area contributed by atoms with Gasteiger partial charge in [0.15, 0.2) is 11.2 Å². The molecule has 0 radical (unpaired) electrons. The summed E-state index contributed by atoms with van der Waals surface area (Å²) < 4.78 is 13.5. The van der Waals surface area contributed by atoms with Gasteiger partial charge in [0.05, 0.1) is 17.1 Å². The maximum Gasteiger partial charge on any atom is 0.159 e. The molecule has 0 aliphatic carbocycles. The number of rotatable bonds is 8. The molecule has 3 heterocycles. The van der Waals surface area contributed by atoms with Crippen molar-refractivity contribution in [2.45, 2.75) is 13.1 Å². The number of para-hydroxylation sites is 6. The summed E-state index contributed by atoms with van der Waals surface area (Å²) in [6.45, 7) is 5.07. The maximum atomic E-state index is 6.76.